The molecule has 3 N–H and O–H groups in total. The Hall–Kier alpha value is -2.37. The van der Waals surface area contributed by atoms with Gasteiger partial charge in [0.25, 0.3) is 6.43 Å². The summed E-state index contributed by atoms with van der Waals surface area (Å²) in [7, 11) is 1.61. The van der Waals surface area contributed by atoms with Crippen LogP contribution in [0.5, 0.6) is 0 Å². The van der Waals surface area contributed by atoms with E-state index < -0.39 is 6.43 Å². The number of amidine groups is 1. The second-order valence-electron chi connectivity index (χ2n) is 4.43. The van der Waals surface area contributed by atoms with Crippen molar-refractivity contribution in [3.05, 3.63) is 42.0 Å². The van der Waals surface area contributed by atoms with Crippen molar-refractivity contribution in [2.45, 2.75) is 6.43 Å². The fraction of sp³-hybridized carbons (Fsp3) is 0.214. The zero-order chi connectivity index (χ0) is 14.7. The molecular formula is C14H15F2N3O. The molecule has 106 valence electrons. The summed E-state index contributed by atoms with van der Waals surface area (Å²) in [5.41, 5.74) is 6.88. The van der Waals surface area contributed by atoms with Crippen LogP contribution in [0.3, 0.4) is 0 Å². The van der Waals surface area contributed by atoms with Gasteiger partial charge in [-0.05, 0) is 17.5 Å². The molecule has 2 aromatic rings. The van der Waals surface area contributed by atoms with E-state index in [4.69, 9.17) is 10.9 Å². The Morgan fingerprint density at radius 2 is 1.90 bits per heavy atom. The van der Waals surface area contributed by atoms with Crippen molar-refractivity contribution in [2.24, 2.45) is 10.9 Å². The van der Waals surface area contributed by atoms with Gasteiger partial charge in [0.15, 0.2) is 5.84 Å². The summed E-state index contributed by atoms with van der Waals surface area (Å²) >= 11 is 0. The Morgan fingerprint density at radius 3 is 2.50 bits per heavy atom. The summed E-state index contributed by atoms with van der Waals surface area (Å²) in [5, 5.41) is 13.3. The van der Waals surface area contributed by atoms with Gasteiger partial charge in [-0.1, -0.05) is 29.4 Å². The molecule has 0 aliphatic rings. The Bertz CT molecular complexity index is 643. The van der Waals surface area contributed by atoms with Gasteiger partial charge in [-0.2, -0.15) is 0 Å². The summed E-state index contributed by atoms with van der Waals surface area (Å²) in [6.07, 6.45) is -2.41. The summed E-state index contributed by atoms with van der Waals surface area (Å²) in [4.78, 5) is 1.49. The second-order valence-corrected chi connectivity index (χ2v) is 4.43. The van der Waals surface area contributed by atoms with Crippen LogP contribution in [0.15, 0.2) is 41.6 Å². The zero-order valence-corrected chi connectivity index (χ0v) is 10.9. The number of hydrogen-bond acceptors (Lipinski definition) is 3. The van der Waals surface area contributed by atoms with Crippen LogP contribution in [0, 0.1) is 0 Å². The molecule has 0 radical (unpaired) electrons. The molecule has 0 aromatic heterocycles. The molecule has 4 nitrogen and oxygen atoms in total. The van der Waals surface area contributed by atoms with Crippen LogP contribution in [0.4, 0.5) is 14.5 Å². The molecule has 0 saturated carbocycles. The van der Waals surface area contributed by atoms with E-state index in [0.29, 0.717) is 11.3 Å². The topological polar surface area (TPSA) is 61.8 Å². The van der Waals surface area contributed by atoms with Gasteiger partial charge in [0.05, 0.1) is 6.54 Å². The predicted molar refractivity (Wildman–Crippen MR) is 75.7 cm³/mol. The van der Waals surface area contributed by atoms with E-state index in [1.54, 1.807) is 19.2 Å². The number of hydrogen-bond donors (Lipinski definition) is 2. The van der Waals surface area contributed by atoms with Crippen LogP contribution in [0.2, 0.25) is 0 Å². The van der Waals surface area contributed by atoms with E-state index in [1.807, 2.05) is 24.3 Å². The van der Waals surface area contributed by atoms with Crippen LogP contribution < -0.4 is 10.6 Å². The highest BCUT2D eigenvalue weighted by Crippen LogP contribution is 2.29. The smallest absolute Gasteiger partial charge is 0.255 e. The van der Waals surface area contributed by atoms with E-state index in [-0.39, 0.29) is 12.4 Å². The molecule has 20 heavy (non-hydrogen) atoms. The molecule has 0 amide bonds. The first kappa shape index (κ1) is 14.0. The lowest BCUT2D eigenvalue weighted by Gasteiger charge is -2.21. The van der Waals surface area contributed by atoms with Crippen molar-refractivity contribution in [1.82, 2.24) is 0 Å². The second kappa shape index (κ2) is 5.73. The van der Waals surface area contributed by atoms with Crippen molar-refractivity contribution in [1.29, 1.82) is 0 Å². The van der Waals surface area contributed by atoms with Crippen molar-refractivity contribution in [3.63, 3.8) is 0 Å². The molecule has 0 aliphatic heterocycles. The quantitative estimate of drug-likeness (QED) is 0.391. The summed E-state index contributed by atoms with van der Waals surface area (Å²) in [6, 6.07) is 10.6. The third-order valence-electron chi connectivity index (χ3n) is 3.11. The number of halogens is 2. The Kier molecular flexibility index (Phi) is 4.02. The molecule has 0 aliphatic carbocycles. The fourth-order valence-electron chi connectivity index (χ4n) is 2.20. The Morgan fingerprint density at radius 1 is 1.25 bits per heavy atom. The highest BCUT2D eigenvalue weighted by molar-refractivity contribution is 6.11. The van der Waals surface area contributed by atoms with E-state index >= 15 is 0 Å². The number of nitrogens with zero attached hydrogens (tertiary/aromatic N) is 2. The van der Waals surface area contributed by atoms with Crippen molar-refractivity contribution in [3.8, 4) is 0 Å². The van der Waals surface area contributed by atoms with E-state index in [1.165, 1.54) is 4.90 Å². The third-order valence-corrected chi connectivity index (χ3v) is 3.11. The molecule has 0 fully saturated rings. The SMILES string of the molecule is CN(CC(F)F)c1ccc(/C(N)=N/O)c2ccccc12. The van der Waals surface area contributed by atoms with Crippen molar-refractivity contribution in [2.75, 3.05) is 18.5 Å². The summed E-state index contributed by atoms with van der Waals surface area (Å²) in [6.45, 7) is -0.354. The molecule has 0 heterocycles. The number of alkyl halides is 2. The minimum absolute atomic E-state index is 0.00994. The highest BCUT2D eigenvalue weighted by atomic mass is 19.3. The van der Waals surface area contributed by atoms with Gasteiger partial charge in [-0.15, -0.1) is 0 Å². The third kappa shape index (κ3) is 2.64. The van der Waals surface area contributed by atoms with Gasteiger partial charge >= 0.3 is 0 Å². The maximum absolute atomic E-state index is 12.5. The molecule has 2 rings (SSSR count). The first-order valence-corrected chi connectivity index (χ1v) is 6.03. The maximum Gasteiger partial charge on any atom is 0.255 e. The molecule has 0 saturated heterocycles. The average Bonchev–Trinajstić information content (AvgIpc) is 2.44. The molecule has 0 unspecified atom stereocenters. The predicted octanol–water partition coefficient (Wildman–Crippen LogP) is 2.64. The Balaban J connectivity index is 2.60. The number of rotatable bonds is 4. The first-order valence-electron chi connectivity index (χ1n) is 6.03. The lowest BCUT2D eigenvalue weighted by Crippen LogP contribution is -2.24. The van der Waals surface area contributed by atoms with Crippen LogP contribution in [0.25, 0.3) is 10.8 Å². The first-order chi connectivity index (χ1) is 9.54. The highest BCUT2D eigenvalue weighted by Gasteiger charge is 2.14. The standard InChI is InChI=1S/C14H15F2N3O/c1-19(8-13(15)16)12-7-6-11(14(17)18-20)9-4-2-3-5-10(9)12/h2-7,13,20H,8H2,1H3,(H2,17,18). The van der Waals surface area contributed by atoms with Gasteiger partial charge in [-0.25, -0.2) is 8.78 Å². The summed E-state index contributed by atoms with van der Waals surface area (Å²) in [5.74, 6) is -0.00994. The summed E-state index contributed by atoms with van der Waals surface area (Å²) < 4.78 is 25.0. The van der Waals surface area contributed by atoms with Crippen molar-refractivity contribution < 1.29 is 14.0 Å². The number of nitrogens with two attached hydrogens (primary N) is 1. The van der Waals surface area contributed by atoms with Crippen LogP contribution >= 0.6 is 0 Å². The largest absolute Gasteiger partial charge is 0.409 e. The van der Waals surface area contributed by atoms with E-state index in [9.17, 15) is 8.78 Å². The molecular weight excluding hydrogens is 264 g/mol. The van der Waals surface area contributed by atoms with Crippen molar-refractivity contribution >= 4 is 22.3 Å². The fourth-order valence-corrected chi connectivity index (χ4v) is 2.20. The monoisotopic (exact) mass is 279 g/mol. The number of fused-ring (bicyclic) bond motifs is 1. The Labute approximate surface area is 115 Å². The minimum atomic E-state index is -2.41. The molecule has 0 atom stereocenters. The normalized spacial score (nSPS) is 12.1. The lowest BCUT2D eigenvalue weighted by molar-refractivity contribution is 0.156. The van der Waals surface area contributed by atoms with Crippen LogP contribution in [-0.2, 0) is 0 Å². The van der Waals surface area contributed by atoms with Gasteiger partial charge in [0.1, 0.15) is 0 Å². The number of benzene rings is 2. The van der Waals surface area contributed by atoms with Crippen LogP contribution in [0.1, 0.15) is 5.56 Å². The average molecular weight is 279 g/mol. The molecule has 0 spiro atoms. The minimum Gasteiger partial charge on any atom is -0.409 e. The molecule has 2 aromatic carbocycles. The van der Waals surface area contributed by atoms with E-state index in [0.717, 1.165) is 10.8 Å². The number of oxime groups is 1. The van der Waals surface area contributed by atoms with Gasteiger partial charge < -0.3 is 15.8 Å². The van der Waals surface area contributed by atoms with E-state index in [2.05, 4.69) is 5.16 Å². The number of anilines is 1. The van der Waals surface area contributed by atoms with Gasteiger partial charge in [0, 0.05) is 23.7 Å². The molecule has 0 bridgehead atoms. The van der Waals surface area contributed by atoms with Gasteiger partial charge in [-0.3, -0.25) is 0 Å². The molecule has 6 heteroatoms. The lowest BCUT2D eigenvalue weighted by atomic mass is 10.0. The zero-order valence-electron chi connectivity index (χ0n) is 10.9. The maximum atomic E-state index is 12.5. The van der Waals surface area contributed by atoms with Crippen LogP contribution in [-0.4, -0.2) is 31.1 Å². The van der Waals surface area contributed by atoms with Gasteiger partial charge in [0.2, 0.25) is 0 Å².